The average Bonchev–Trinajstić information content (AvgIpc) is 3.28. The summed E-state index contributed by atoms with van der Waals surface area (Å²) in [5.41, 5.74) is 4.04. The highest BCUT2D eigenvalue weighted by molar-refractivity contribution is 5.83. The lowest BCUT2D eigenvalue weighted by Crippen LogP contribution is -3.13. The van der Waals surface area contributed by atoms with Crippen LogP contribution in [0.2, 0.25) is 0 Å². The van der Waals surface area contributed by atoms with Gasteiger partial charge in [-0.15, -0.1) is 5.10 Å². The first-order chi connectivity index (χ1) is 15.1. The summed E-state index contributed by atoms with van der Waals surface area (Å²) in [6.07, 6.45) is 9.59. The molecule has 31 heavy (non-hydrogen) atoms. The first-order valence-corrected chi connectivity index (χ1v) is 11.9. The van der Waals surface area contributed by atoms with Crippen LogP contribution in [0, 0.1) is 13.8 Å². The number of nitrogens with zero attached hydrogens (tertiary/aromatic N) is 4. The molecule has 1 saturated carbocycles. The number of H-pyrrole nitrogens is 1. The molecule has 5 rings (SSSR count). The van der Waals surface area contributed by atoms with Crippen LogP contribution in [0.25, 0.3) is 10.9 Å². The number of fused-ring (bicyclic) bond motifs is 1. The molecular formula is C24H33N6O+. The minimum absolute atomic E-state index is 0.0116. The molecule has 0 bridgehead atoms. The van der Waals surface area contributed by atoms with Gasteiger partial charge in [0.15, 0.2) is 6.04 Å². The number of hydrogen-bond acceptors (Lipinski definition) is 4. The van der Waals surface area contributed by atoms with Gasteiger partial charge in [-0.2, -0.15) is 0 Å². The molecular weight excluding hydrogens is 388 g/mol. The van der Waals surface area contributed by atoms with E-state index in [0.29, 0.717) is 6.04 Å². The van der Waals surface area contributed by atoms with Gasteiger partial charge in [0.1, 0.15) is 0 Å². The van der Waals surface area contributed by atoms with Gasteiger partial charge < -0.3 is 9.88 Å². The highest BCUT2D eigenvalue weighted by Crippen LogP contribution is 2.30. The van der Waals surface area contributed by atoms with E-state index < -0.39 is 0 Å². The Morgan fingerprint density at radius 1 is 1.06 bits per heavy atom. The van der Waals surface area contributed by atoms with Crippen molar-refractivity contribution in [1.82, 2.24) is 25.2 Å². The molecule has 7 heteroatoms. The molecule has 2 aliphatic rings. The number of aryl methyl sites for hydroxylation is 2. The zero-order chi connectivity index (χ0) is 21.4. The summed E-state index contributed by atoms with van der Waals surface area (Å²) in [5, 5.41) is 14.1. The summed E-state index contributed by atoms with van der Waals surface area (Å²) in [5.74, 6) is 0.859. The van der Waals surface area contributed by atoms with Crippen LogP contribution in [0.1, 0.15) is 86.0 Å². The van der Waals surface area contributed by atoms with E-state index in [1.54, 1.807) is 0 Å². The van der Waals surface area contributed by atoms with Crippen molar-refractivity contribution in [3.8, 4) is 0 Å². The third kappa shape index (κ3) is 3.80. The number of aromatic nitrogens is 5. The second-order valence-electron chi connectivity index (χ2n) is 9.45. The molecule has 7 nitrogen and oxygen atoms in total. The second kappa shape index (κ2) is 8.54. The minimum Gasteiger partial charge on any atom is -0.322 e. The number of likely N-dealkylation sites (tertiary alicyclic amines) is 1. The van der Waals surface area contributed by atoms with Crippen molar-refractivity contribution >= 4 is 10.9 Å². The highest BCUT2D eigenvalue weighted by Gasteiger charge is 2.36. The topological polar surface area (TPSA) is 80.9 Å². The van der Waals surface area contributed by atoms with Gasteiger partial charge in [-0.05, 0) is 79.0 Å². The van der Waals surface area contributed by atoms with Crippen molar-refractivity contribution in [2.45, 2.75) is 77.3 Å². The van der Waals surface area contributed by atoms with Crippen molar-refractivity contribution in [3.05, 3.63) is 51.1 Å². The SMILES string of the molecule is Cc1ccc2cc([C@@H](c3nnnn3C3CCCCC3)[NH+]3CCCCC3)c(=O)[nH]c2c1C. The van der Waals surface area contributed by atoms with Gasteiger partial charge in [0, 0.05) is 0 Å². The van der Waals surface area contributed by atoms with E-state index in [-0.39, 0.29) is 11.6 Å². The number of quaternary nitrogens is 1. The maximum atomic E-state index is 13.4. The summed E-state index contributed by atoms with van der Waals surface area (Å²) in [6.45, 7) is 6.25. The summed E-state index contributed by atoms with van der Waals surface area (Å²) < 4.78 is 2.05. The van der Waals surface area contributed by atoms with Gasteiger partial charge in [0.25, 0.3) is 5.56 Å². The number of pyridine rings is 1. The van der Waals surface area contributed by atoms with E-state index in [1.165, 1.54) is 49.0 Å². The minimum atomic E-state index is -0.132. The second-order valence-corrected chi connectivity index (χ2v) is 9.45. The standard InChI is InChI=1S/C24H32N6O/c1-16-11-12-18-15-20(24(31)25-21(18)17(16)2)22(29-13-7-4-8-14-29)23-26-27-28-30(23)19-9-5-3-6-10-19/h11-12,15,19,22H,3-10,13-14H2,1-2H3,(H,25,31)/p+1/t22-/m0/s1. The van der Waals surface area contributed by atoms with Crippen molar-refractivity contribution < 1.29 is 4.90 Å². The van der Waals surface area contributed by atoms with Crippen LogP contribution in [0.15, 0.2) is 23.0 Å². The van der Waals surface area contributed by atoms with Gasteiger partial charge in [0.2, 0.25) is 5.82 Å². The van der Waals surface area contributed by atoms with Crippen LogP contribution >= 0.6 is 0 Å². The molecule has 1 aliphatic heterocycles. The van der Waals surface area contributed by atoms with E-state index in [9.17, 15) is 4.79 Å². The maximum absolute atomic E-state index is 13.4. The lowest BCUT2D eigenvalue weighted by atomic mass is 9.94. The molecule has 2 fully saturated rings. The Morgan fingerprint density at radius 2 is 1.81 bits per heavy atom. The first kappa shape index (κ1) is 20.4. The van der Waals surface area contributed by atoms with E-state index >= 15 is 0 Å². The number of piperidine rings is 1. The molecule has 2 aromatic heterocycles. The third-order valence-corrected chi connectivity index (χ3v) is 7.49. The van der Waals surface area contributed by atoms with Crippen LogP contribution in [0.5, 0.6) is 0 Å². The van der Waals surface area contributed by atoms with Gasteiger partial charge in [-0.3, -0.25) is 4.79 Å². The zero-order valence-corrected chi connectivity index (χ0v) is 18.7. The van der Waals surface area contributed by atoms with Gasteiger partial charge >= 0.3 is 0 Å². The number of rotatable bonds is 4. The smallest absolute Gasteiger partial charge is 0.258 e. The Hall–Kier alpha value is -2.54. The number of aromatic amines is 1. The Kier molecular flexibility index (Phi) is 5.61. The van der Waals surface area contributed by atoms with Gasteiger partial charge in [0.05, 0.1) is 30.2 Å². The molecule has 2 N–H and O–H groups in total. The highest BCUT2D eigenvalue weighted by atomic mass is 16.1. The molecule has 3 aromatic rings. The largest absolute Gasteiger partial charge is 0.322 e. The number of hydrogen-bond donors (Lipinski definition) is 2. The number of benzene rings is 1. The molecule has 1 atom stereocenters. The van der Waals surface area contributed by atoms with Gasteiger partial charge in [-0.1, -0.05) is 31.4 Å². The molecule has 3 heterocycles. The molecule has 0 amide bonds. The van der Waals surface area contributed by atoms with Crippen LogP contribution in [0.3, 0.4) is 0 Å². The van der Waals surface area contributed by atoms with Crippen LogP contribution < -0.4 is 10.5 Å². The molecule has 164 valence electrons. The van der Waals surface area contributed by atoms with E-state index in [2.05, 4.69) is 57.2 Å². The molecule has 1 saturated heterocycles. The molecule has 0 radical (unpaired) electrons. The fourth-order valence-electron chi connectivity index (χ4n) is 5.57. The Bertz CT molecular complexity index is 1120. The Balaban J connectivity index is 1.65. The zero-order valence-electron chi connectivity index (χ0n) is 18.7. The molecule has 1 aliphatic carbocycles. The van der Waals surface area contributed by atoms with E-state index in [4.69, 9.17) is 0 Å². The normalized spacial score (nSPS) is 19.7. The average molecular weight is 422 g/mol. The van der Waals surface area contributed by atoms with Crippen LogP contribution in [-0.2, 0) is 0 Å². The van der Waals surface area contributed by atoms with E-state index in [0.717, 1.165) is 53.8 Å². The predicted molar refractivity (Wildman–Crippen MR) is 120 cm³/mol. The molecule has 0 unspecified atom stereocenters. The maximum Gasteiger partial charge on any atom is 0.258 e. The fourth-order valence-corrected chi connectivity index (χ4v) is 5.57. The predicted octanol–water partition coefficient (Wildman–Crippen LogP) is 2.79. The van der Waals surface area contributed by atoms with Crippen molar-refractivity contribution in [1.29, 1.82) is 0 Å². The number of tetrazole rings is 1. The summed E-state index contributed by atoms with van der Waals surface area (Å²) in [4.78, 5) is 18.0. The summed E-state index contributed by atoms with van der Waals surface area (Å²) >= 11 is 0. The number of nitrogens with one attached hydrogen (secondary N) is 2. The summed E-state index contributed by atoms with van der Waals surface area (Å²) in [7, 11) is 0. The lowest BCUT2D eigenvalue weighted by Gasteiger charge is -2.32. The monoisotopic (exact) mass is 421 g/mol. The van der Waals surface area contributed by atoms with Crippen molar-refractivity contribution in [3.63, 3.8) is 0 Å². The lowest BCUT2D eigenvalue weighted by molar-refractivity contribution is -0.931. The molecule has 1 aromatic carbocycles. The van der Waals surface area contributed by atoms with Gasteiger partial charge in [-0.25, -0.2) is 4.68 Å². The Labute approximate surface area is 182 Å². The quantitative estimate of drug-likeness (QED) is 0.679. The van der Waals surface area contributed by atoms with Crippen molar-refractivity contribution in [2.24, 2.45) is 0 Å². The fraction of sp³-hybridized carbons (Fsp3) is 0.583. The van der Waals surface area contributed by atoms with Crippen LogP contribution in [-0.4, -0.2) is 38.3 Å². The summed E-state index contributed by atoms with van der Waals surface area (Å²) in [6, 6.07) is 6.55. The van der Waals surface area contributed by atoms with Crippen molar-refractivity contribution in [2.75, 3.05) is 13.1 Å². The first-order valence-electron chi connectivity index (χ1n) is 11.9. The Morgan fingerprint density at radius 3 is 2.58 bits per heavy atom. The molecule has 0 spiro atoms. The van der Waals surface area contributed by atoms with Crippen LogP contribution in [0.4, 0.5) is 0 Å². The third-order valence-electron chi connectivity index (χ3n) is 7.49. The van der Waals surface area contributed by atoms with E-state index in [1.807, 2.05) is 0 Å².